The van der Waals surface area contributed by atoms with Crippen LogP contribution in [0.3, 0.4) is 0 Å². The first-order valence-electron chi connectivity index (χ1n) is 8.33. The van der Waals surface area contributed by atoms with Crippen LogP contribution in [0.4, 0.5) is 0 Å². The fraction of sp³-hybridized carbons (Fsp3) is 0.200. The second-order valence-corrected chi connectivity index (χ2v) is 6.98. The van der Waals surface area contributed by atoms with Crippen molar-refractivity contribution in [3.05, 3.63) is 64.2 Å². The van der Waals surface area contributed by atoms with Crippen LogP contribution in [0.2, 0.25) is 0 Å². The van der Waals surface area contributed by atoms with Gasteiger partial charge in [-0.1, -0.05) is 12.1 Å². The first-order chi connectivity index (χ1) is 13.5. The molecule has 2 N–H and O–H groups in total. The summed E-state index contributed by atoms with van der Waals surface area (Å²) >= 11 is 0.895. The Bertz CT molecular complexity index is 913. The molecule has 2 aromatic rings. The maximum Gasteiger partial charge on any atom is 0.335 e. The summed E-state index contributed by atoms with van der Waals surface area (Å²) in [5.41, 5.74) is 1.99. The number of carbonyl (C=O) groups excluding carboxylic acids is 1. The first kappa shape index (κ1) is 19.6. The highest BCUT2D eigenvalue weighted by Crippen LogP contribution is 2.40. The Balaban J connectivity index is 1.80. The highest BCUT2D eigenvalue weighted by molar-refractivity contribution is 8.02. The Morgan fingerprint density at radius 3 is 2.07 bits per heavy atom. The fourth-order valence-electron chi connectivity index (χ4n) is 2.84. The van der Waals surface area contributed by atoms with E-state index in [4.69, 9.17) is 19.3 Å². The summed E-state index contributed by atoms with van der Waals surface area (Å²) in [6.45, 7) is 0. The molecule has 0 bridgehead atoms. The molecule has 1 heterocycles. The van der Waals surface area contributed by atoms with Crippen LogP contribution in [-0.2, 0) is 0 Å². The van der Waals surface area contributed by atoms with E-state index >= 15 is 0 Å². The quantitative estimate of drug-likeness (QED) is 0.484. The Hall–Kier alpha value is -3.13. The second kappa shape index (κ2) is 8.26. The van der Waals surface area contributed by atoms with Crippen LogP contribution in [0, 0.1) is 0 Å². The molecular formula is C20H20NO6S. The molecule has 7 nitrogen and oxygen atoms in total. The largest absolute Gasteiger partial charge is 0.493 e. The summed E-state index contributed by atoms with van der Waals surface area (Å²) in [5, 5.41) is 13.9. The van der Waals surface area contributed by atoms with Gasteiger partial charge in [0.15, 0.2) is 11.5 Å². The molecule has 3 rings (SSSR count). The van der Waals surface area contributed by atoms with Crippen molar-refractivity contribution in [1.29, 1.82) is 0 Å². The number of Topliss-reactive ketones (excluding diaryl/α,β-unsaturated/α-hetero) is 1. The van der Waals surface area contributed by atoms with Crippen molar-refractivity contribution in [3.8, 4) is 17.2 Å². The molecule has 1 atom stereocenters. The third-order valence-electron chi connectivity index (χ3n) is 4.29. The maximum absolute atomic E-state index is 12.9. The van der Waals surface area contributed by atoms with Gasteiger partial charge in [-0.25, -0.2) is 4.79 Å². The molecule has 8 heteroatoms. The molecular weight excluding hydrogens is 382 g/mol. The van der Waals surface area contributed by atoms with Crippen LogP contribution in [0.1, 0.15) is 31.7 Å². The number of nitrogens with one attached hydrogen (secondary N) is 1. The summed E-state index contributed by atoms with van der Waals surface area (Å²) in [4.78, 5) is 23.9. The standard InChI is InChI=1S/C20H20NO6S/c1-25-15-8-13(9-16(26-2)18(15)27-3)17(22)14-10-28-19(21-14)11-4-6-12(7-5-11)20(23)24/h4-10,19,21,28H,1-3H3,(H,23,24). The van der Waals surface area contributed by atoms with Crippen molar-refractivity contribution in [2.24, 2.45) is 0 Å². The molecule has 0 amide bonds. The van der Waals surface area contributed by atoms with Crippen LogP contribution in [-0.4, -0.2) is 38.2 Å². The average Bonchev–Trinajstić information content (AvgIpc) is 3.22. The molecule has 0 aliphatic carbocycles. The number of aromatic carboxylic acids is 1. The number of allylic oxidation sites excluding steroid dienone is 1. The van der Waals surface area contributed by atoms with Gasteiger partial charge in [0.25, 0.3) is 0 Å². The number of ketones is 1. The molecule has 1 aliphatic rings. The van der Waals surface area contributed by atoms with Gasteiger partial charge in [0.2, 0.25) is 11.5 Å². The zero-order valence-electron chi connectivity index (χ0n) is 15.6. The van der Waals surface area contributed by atoms with Gasteiger partial charge >= 0.3 is 5.97 Å². The first-order valence-corrected chi connectivity index (χ1v) is 9.36. The molecule has 28 heavy (non-hydrogen) atoms. The van der Waals surface area contributed by atoms with E-state index < -0.39 is 5.97 Å². The maximum atomic E-state index is 12.9. The van der Waals surface area contributed by atoms with E-state index in [2.05, 4.69) is 5.32 Å². The Kier molecular flexibility index (Phi) is 5.79. The van der Waals surface area contributed by atoms with E-state index in [1.54, 1.807) is 41.8 Å². The van der Waals surface area contributed by atoms with Crippen LogP contribution in [0.5, 0.6) is 17.2 Å². The number of hydrogen-bond donors (Lipinski definition) is 3. The minimum atomic E-state index is -0.972. The second-order valence-electron chi connectivity index (χ2n) is 5.91. The van der Waals surface area contributed by atoms with Gasteiger partial charge in [-0.05, 0) is 35.2 Å². The average molecular weight is 402 g/mol. The molecule has 1 unspecified atom stereocenters. The van der Waals surface area contributed by atoms with Crippen LogP contribution < -0.4 is 19.5 Å². The van der Waals surface area contributed by atoms with E-state index in [9.17, 15) is 9.59 Å². The number of carboxylic acids is 1. The number of rotatable bonds is 7. The van der Waals surface area contributed by atoms with Gasteiger partial charge in [-0.3, -0.25) is 4.79 Å². The molecule has 0 fully saturated rings. The molecule has 1 radical (unpaired) electrons. The third-order valence-corrected chi connectivity index (χ3v) is 5.42. The number of benzene rings is 2. The Morgan fingerprint density at radius 1 is 0.964 bits per heavy atom. The van der Waals surface area contributed by atoms with Crippen molar-refractivity contribution in [1.82, 2.24) is 5.32 Å². The Labute approximate surface area is 166 Å². The van der Waals surface area contributed by atoms with Crippen molar-refractivity contribution in [2.75, 3.05) is 21.3 Å². The monoisotopic (exact) mass is 402 g/mol. The van der Waals surface area contributed by atoms with Gasteiger partial charge in [-0.2, -0.15) is 11.8 Å². The van der Waals surface area contributed by atoms with Crippen molar-refractivity contribution >= 4 is 23.5 Å². The zero-order chi connectivity index (χ0) is 20.3. The topological polar surface area (TPSA) is 94.1 Å². The van der Waals surface area contributed by atoms with E-state index in [0.29, 0.717) is 28.5 Å². The fourth-order valence-corrected chi connectivity index (χ4v) is 3.89. The molecule has 0 saturated carbocycles. The van der Waals surface area contributed by atoms with Gasteiger partial charge in [0.05, 0.1) is 38.0 Å². The number of methoxy groups -OCH3 is 3. The van der Waals surface area contributed by atoms with E-state index in [0.717, 1.165) is 17.3 Å². The van der Waals surface area contributed by atoms with Crippen LogP contribution in [0.15, 0.2) is 47.5 Å². The number of ether oxygens (including phenoxy) is 3. The number of hydrogen-bond acceptors (Lipinski definition) is 6. The van der Waals surface area contributed by atoms with E-state index in [-0.39, 0.29) is 16.7 Å². The summed E-state index contributed by atoms with van der Waals surface area (Å²) in [6.07, 6.45) is 0. The minimum absolute atomic E-state index is 0.121. The van der Waals surface area contributed by atoms with Gasteiger partial charge in [0, 0.05) is 5.56 Å². The predicted octanol–water partition coefficient (Wildman–Crippen LogP) is 3.20. The third kappa shape index (κ3) is 3.77. The summed E-state index contributed by atoms with van der Waals surface area (Å²) in [7, 11) is 4.49. The van der Waals surface area contributed by atoms with Crippen LogP contribution in [0.25, 0.3) is 0 Å². The lowest BCUT2D eigenvalue weighted by molar-refractivity contribution is 0.0696. The summed E-state index contributed by atoms with van der Waals surface area (Å²) in [5.74, 6) is 0.0602. The predicted molar refractivity (Wildman–Crippen MR) is 107 cm³/mol. The molecule has 0 spiro atoms. The summed E-state index contributed by atoms with van der Waals surface area (Å²) in [6, 6.07) is 9.81. The molecule has 0 saturated heterocycles. The number of carbonyl (C=O) groups is 2. The zero-order valence-corrected chi connectivity index (χ0v) is 16.4. The smallest absolute Gasteiger partial charge is 0.335 e. The lowest BCUT2D eigenvalue weighted by atomic mass is 10.1. The minimum Gasteiger partial charge on any atom is -0.493 e. The number of thiol groups is 1. The molecule has 0 aromatic heterocycles. The molecule has 147 valence electrons. The van der Waals surface area contributed by atoms with Gasteiger partial charge in [-0.15, -0.1) is 0 Å². The SMILES string of the molecule is COc1cc(C(=O)C2=C[SH]C(c3ccc(C(=O)O)cc3)N2)cc(OC)c1OC. The number of carboxylic acid groups (broad SMARTS) is 1. The van der Waals surface area contributed by atoms with E-state index in [1.165, 1.54) is 21.3 Å². The highest BCUT2D eigenvalue weighted by atomic mass is 32.2. The van der Waals surface area contributed by atoms with Gasteiger partial charge in [0.1, 0.15) is 0 Å². The van der Waals surface area contributed by atoms with E-state index in [1.807, 2.05) is 0 Å². The van der Waals surface area contributed by atoms with Crippen molar-refractivity contribution in [2.45, 2.75) is 5.37 Å². The van der Waals surface area contributed by atoms with Crippen LogP contribution >= 0.6 is 11.8 Å². The molecule has 2 aromatic carbocycles. The van der Waals surface area contributed by atoms with Crippen molar-refractivity contribution in [3.63, 3.8) is 0 Å². The summed E-state index contributed by atoms with van der Waals surface area (Å²) < 4.78 is 15.9. The normalized spacial score (nSPS) is 15.4. The lowest BCUT2D eigenvalue weighted by Gasteiger charge is -2.16. The Morgan fingerprint density at radius 2 is 1.57 bits per heavy atom. The highest BCUT2D eigenvalue weighted by Gasteiger charge is 2.25. The lowest BCUT2D eigenvalue weighted by Crippen LogP contribution is -2.19. The van der Waals surface area contributed by atoms with Crippen molar-refractivity contribution < 1.29 is 28.9 Å². The van der Waals surface area contributed by atoms with Gasteiger partial charge < -0.3 is 24.6 Å². The molecule has 1 aliphatic heterocycles.